The lowest BCUT2D eigenvalue weighted by atomic mass is 10.0. The summed E-state index contributed by atoms with van der Waals surface area (Å²) < 4.78 is 13.4. The van der Waals surface area contributed by atoms with Crippen molar-refractivity contribution in [2.24, 2.45) is 5.73 Å². The second-order valence-corrected chi connectivity index (χ2v) is 6.66. The van der Waals surface area contributed by atoms with Crippen LogP contribution in [0.3, 0.4) is 0 Å². The van der Waals surface area contributed by atoms with Crippen molar-refractivity contribution in [3.05, 3.63) is 107 Å². The fourth-order valence-electron chi connectivity index (χ4n) is 2.93. The molecule has 3 aromatic carbocycles. The maximum atomic E-state index is 13.4. The highest BCUT2D eigenvalue weighted by molar-refractivity contribution is 6.01. The van der Waals surface area contributed by atoms with Gasteiger partial charge in [-0.3, -0.25) is 15.0 Å². The maximum absolute atomic E-state index is 13.4. The van der Waals surface area contributed by atoms with Crippen molar-refractivity contribution in [3.63, 3.8) is 0 Å². The van der Waals surface area contributed by atoms with Crippen LogP contribution in [0, 0.1) is 11.2 Å². The minimum Gasteiger partial charge on any atom is -0.384 e. The van der Waals surface area contributed by atoms with Gasteiger partial charge in [0.15, 0.2) is 0 Å². The molecule has 0 heterocycles. The van der Waals surface area contributed by atoms with Crippen molar-refractivity contribution in [2.45, 2.75) is 12.6 Å². The molecule has 3 aromatic rings. The Bertz CT molecular complexity index is 1070. The van der Waals surface area contributed by atoms with E-state index < -0.39 is 17.9 Å². The van der Waals surface area contributed by atoms with E-state index in [2.05, 4.69) is 10.6 Å². The molecule has 0 aliphatic carbocycles. The van der Waals surface area contributed by atoms with Crippen LogP contribution in [0.15, 0.2) is 78.9 Å². The predicted octanol–water partition coefficient (Wildman–Crippen LogP) is 2.90. The third-order valence-electron chi connectivity index (χ3n) is 4.46. The summed E-state index contributed by atoms with van der Waals surface area (Å²) in [6.45, 7) is 0.121. The lowest BCUT2D eigenvalue weighted by molar-refractivity contribution is -0.123. The SMILES string of the molecule is N=C(N)c1cccc(C(=O)N[C@@H](C(=O)NCc2cccc(F)c2)c2ccccc2)c1. The smallest absolute Gasteiger partial charge is 0.252 e. The number of nitrogen functional groups attached to an aromatic ring is 1. The summed E-state index contributed by atoms with van der Waals surface area (Å²) in [6, 6.07) is 20.1. The summed E-state index contributed by atoms with van der Waals surface area (Å²) in [6.07, 6.45) is 0. The van der Waals surface area contributed by atoms with Crippen LogP contribution >= 0.6 is 0 Å². The van der Waals surface area contributed by atoms with Crippen molar-refractivity contribution < 1.29 is 14.0 Å². The first-order chi connectivity index (χ1) is 14.4. The number of rotatable bonds is 7. The summed E-state index contributed by atoms with van der Waals surface area (Å²) in [7, 11) is 0. The number of hydrogen-bond donors (Lipinski definition) is 4. The minimum absolute atomic E-state index is 0.121. The van der Waals surface area contributed by atoms with Crippen molar-refractivity contribution in [1.82, 2.24) is 10.6 Å². The Morgan fingerprint density at radius 3 is 2.33 bits per heavy atom. The third kappa shape index (κ3) is 5.29. The number of benzene rings is 3. The summed E-state index contributed by atoms with van der Waals surface area (Å²) in [5.41, 5.74) is 7.39. The molecule has 0 saturated carbocycles. The molecule has 2 amide bonds. The second-order valence-electron chi connectivity index (χ2n) is 6.66. The van der Waals surface area contributed by atoms with Crippen LogP contribution < -0.4 is 16.4 Å². The Morgan fingerprint density at radius 2 is 1.63 bits per heavy atom. The molecular weight excluding hydrogens is 383 g/mol. The number of amidine groups is 1. The van der Waals surface area contributed by atoms with Crippen LogP contribution in [-0.2, 0) is 11.3 Å². The highest BCUT2D eigenvalue weighted by atomic mass is 19.1. The zero-order chi connectivity index (χ0) is 21.5. The van der Waals surface area contributed by atoms with Crippen LogP contribution in [0.25, 0.3) is 0 Å². The van der Waals surface area contributed by atoms with E-state index in [1.165, 1.54) is 18.2 Å². The molecule has 0 fully saturated rings. The molecule has 7 heteroatoms. The first-order valence-electron chi connectivity index (χ1n) is 9.26. The summed E-state index contributed by atoms with van der Waals surface area (Å²) >= 11 is 0. The molecule has 0 aromatic heterocycles. The first kappa shape index (κ1) is 20.7. The number of carbonyl (C=O) groups excluding carboxylic acids is 2. The number of hydrogen-bond acceptors (Lipinski definition) is 3. The van der Waals surface area contributed by atoms with Gasteiger partial charge in [0.05, 0.1) is 0 Å². The maximum Gasteiger partial charge on any atom is 0.252 e. The highest BCUT2D eigenvalue weighted by Crippen LogP contribution is 2.15. The fourth-order valence-corrected chi connectivity index (χ4v) is 2.93. The molecule has 0 bridgehead atoms. The zero-order valence-electron chi connectivity index (χ0n) is 16.1. The van der Waals surface area contributed by atoms with Gasteiger partial charge in [0.25, 0.3) is 5.91 Å². The van der Waals surface area contributed by atoms with Crippen molar-refractivity contribution in [1.29, 1.82) is 5.41 Å². The Morgan fingerprint density at radius 1 is 0.933 bits per heavy atom. The summed E-state index contributed by atoms with van der Waals surface area (Å²) in [5.74, 6) is -1.45. The Kier molecular flexibility index (Phi) is 6.54. The lowest BCUT2D eigenvalue weighted by Crippen LogP contribution is -2.40. The Labute approximate surface area is 173 Å². The van der Waals surface area contributed by atoms with E-state index in [-0.39, 0.29) is 23.8 Å². The van der Waals surface area contributed by atoms with Gasteiger partial charge in [-0.1, -0.05) is 54.6 Å². The van der Waals surface area contributed by atoms with E-state index in [0.717, 1.165) is 0 Å². The van der Waals surface area contributed by atoms with Crippen LogP contribution in [-0.4, -0.2) is 17.6 Å². The average Bonchev–Trinajstić information content (AvgIpc) is 2.76. The standard InChI is InChI=1S/C23H21FN4O2/c24-19-11-4-6-15(12-19)14-27-23(30)20(16-7-2-1-3-8-16)28-22(29)18-10-5-9-17(13-18)21(25)26/h1-13,20H,14H2,(H3,25,26)(H,27,30)(H,28,29)/t20-/m1/s1. The van der Waals surface area contributed by atoms with Gasteiger partial charge in [-0.15, -0.1) is 0 Å². The molecule has 0 aliphatic rings. The van der Waals surface area contributed by atoms with Crippen molar-refractivity contribution >= 4 is 17.6 Å². The molecule has 5 N–H and O–H groups in total. The summed E-state index contributed by atoms with van der Waals surface area (Å²) in [5, 5.41) is 13.0. The topological polar surface area (TPSA) is 108 Å². The van der Waals surface area contributed by atoms with Crippen molar-refractivity contribution in [2.75, 3.05) is 0 Å². The molecule has 152 valence electrons. The van der Waals surface area contributed by atoms with E-state index in [9.17, 15) is 14.0 Å². The van der Waals surface area contributed by atoms with Gasteiger partial charge in [-0.25, -0.2) is 4.39 Å². The van der Waals surface area contributed by atoms with Gasteiger partial charge in [-0.2, -0.15) is 0 Å². The molecule has 0 spiro atoms. The second kappa shape index (κ2) is 9.47. The van der Waals surface area contributed by atoms with E-state index in [0.29, 0.717) is 16.7 Å². The van der Waals surface area contributed by atoms with Gasteiger partial charge < -0.3 is 16.4 Å². The molecule has 0 radical (unpaired) electrons. The summed E-state index contributed by atoms with van der Waals surface area (Å²) in [4.78, 5) is 25.6. The largest absolute Gasteiger partial charge is 0.384 e. The highest BCUT2D eigenvalue weighted by Gasteiger charge is 2.23. The molecule has 0 aliphatic heterocycles. The molecule has 0 unspecified atom stereocenters. The van der Waals surface area contributed by atoms with E-state index in [1.807, 2.05) is 6.07 Å². The Hall–Kier alpha value is -4.00. The van der Waals surface area contributed by atoms with E-state index in [1.54, 1.807) is 54.6 Å². The normalized spacial score (nSPS) is 11.4. The number of amides is 2. The van der Waals surface area contributed by atoms with E-state index >= 15 is 0 Å². The molecule has 6 nitrogen and oxygen atoms in total. The molecule has 0 saturated heterocycles. The number of halogens is 1. The van der Waals surface area contributed by atoms with Gasteiger partial charge in [0.1, 0.15) is 17.7 Å². The molecule has 1 atom stereocenters. The van der Waals surface area contributed by atoms with Gasteiger partial charge in [0.2, 0.25) is 5.91 Å². The molecule has 30 heavy (non-hydrogen) atoms. The predicted molar refractivity (Wildman–Crippen MR) is 112 cm³/mol. The van der Waals surface area contributed by atoms with Crippen LogP contribution in [0.2, 0.25) is 0 Å². The third-order valence-corrected chi connectivity index (χ3v) is 4.46. The van der Waals surface area contributed by atoms with Crippen LogP contribution in [0.5, 0.6) is 0 Å². The monoisotopic (exact) mass is 404 g/mol. The zero-order valence-corrected chi connectivity index (χ0v) is 16.1. The van der Waals surface area contributed by atoms with Crippen molar-refractivity contribution in [3.8, 4) is 0 Å². The molecular formula is C23H21FN4O2. The van der Waals surface area contributed by atoms with E-state index in [4.69, 9.17) is 11.1 Å². The fraction of sp³-hybridized carbons (Fsp3) is 0.0870. The Balaban J connectivity index is 1.79. The lowest BCUT2D eigenvalue weighted by Gasteiger charge is -2.19. The molecule has 3 rings (SSSR count). The van der Waals surface area contributed by atoms with Gasteiger partial charge in [0, 0.05) is 17.7 Å². The first-order valence-corrected chi connectivity index (χ1v) is 9.26. The number of nitrogens with one attached hydrogen (secondary N) is 3. The minimum atomic E-state index is -0.951. The van der Waals surface area contributed by atoms with Gasteiger partial charge >= 0.3 is 0 Å². The number of carbonyl (C=O) groups is 2. The van der Waals surface area contributed by atoms with Crippen LogP contribution in [0.4, 0.5) is 4.39 Å². The average molecular weight is 404 g/mol. The quantitative estimate of drug-likeness (QED) is 0.359. The van der Waals surface area contributed by atoms with Crippen LogP contribution in [0.1, 0.15) is 33.1 Å². The number of nitrogens with two attached hydrogens (primary N) is 1. The van der Waals surface area contributed by atoms with Gasteiger partial charge in [-0.05, 0) is 35.4 Å².